The van der Waals surface area contributed by atoms with E-state index in [-0.39, 0.29) is 0 Å². The van der Waals surface area contributed by atoms with Gasteiger partial charge in [0.1, 0.15) is 0 Å². The van der Waals surface area contributed by atoms with Crippen LogP contribution in [0.5, 0.6) is 0 Å². The molecule has 0 aliphatic carbocycles. The summed E-state index contributed by atoms with van der Waals surface area (Å²) in [7, 11) is 0. The topological polar surface area (TPSA) is 12.4 Å². The Bertz CT molecular complexity index is 279. The third kappa shape index (κ3) is 3.10. The molecule has 0 bridgehead atoms. The maximum atomic E-state index is 4.44. The third-order valence-electron chi connectivity index (χ3n) is 1.41. The van der Waals surface area contributed by atoms with Gasteiger partial charge >= 0.3 is 87.7 Å². The van der Waals surface area contributed by atoms with Crippen molar-refractivity contribution >= 4 is 41.2 Å². The Hall–Kier alpha value is -0.111. The zero-order valence-electron chi connectivity index (χ0n) is 7.04. The summed E-state index contributed by atoms with van der Waals surface area (Å²) in [6.45, 7) is 2.07. The summed E-state index contributed by atoms with van der Waals surface area (Å²) < 4.78 is 2.32. The molecule has 0 aliphatic rings. The van der Waals surface area contributed by atoms with Crippen molar-refractivity contribution in [3.63, 3.8) is 0 Å². The molecule has 0 aliphatic heterocycles. The van der Waals surface area contributed by atoms with Gasteiger partial charge in [-0.25, -0.2) is 0 Å². The molecule has 1 aromatic rings. The van der Waals surface area contributed by atoms with Gasteiger partial charge in [-0.1, -0.05) is 0 Å². The molecular weight excluding hydrogens is 281 g/mol. The zero-order valence-corrected chi connectivity index (χ0v) is 10.3. The predicted molar refractivity (Wildman–Crippen MR) is 58.5 cm³/mol. The van der Waals surface area contributed by atoms with E-state index in [9.17, 15) is 0 Å². The van der Waals surface area contributed by atoms with Gasteiger partial charge in [-0.05, 0) is 0 Å². The summed E-state index contributed by atoms with van der Waals surface area (Å²) in [5, 5.41) is 0. The Morgan fingerprint density at radius 1 is 1.33 bits per heavy atom. The van der Waals surface area contributed by atoms with E-state index in [1.54, 1.807) is 0 Å². The van der Waals surface area contributed by atoms with Crippen molar-refractivity contribution in [3.8, 4) is 0 Å². The van der Waals surface area contributed by atoms with Crippen LogP contribution in [0.3, 0.4) is 0 Å². The van der Waals surface area contributed by atoms with E-state index < -0.39 is 0 Å². The van der Waals surface area contributed by atoms with E-state index in [0.29, 0.717) is 15.0 Å². The second-order valence-corrected chi connectivity index (χ2v) is 5.32. The number of hydrogen-bond acceptors (Lipinski definition) is 1. The van der Waals surface area contributed by atoms with Gasteiger partial charge < -0.3 is 0 Å². The molecule has 0 atom stereocenters. The van der Waals surface area contributed by atoms with Gasteiger partial charge in [0.05, 0.1) is 0 Å². The van der Waals surface area contributed by atoms with Crippen LogP contribution >= 0.6 is 15.9 Å². The van der Waals surface area contributed by atoms with Crippen molar-refractivity contribution in [2.24, 2.45) is 4.99 Å². The van der Waals surface area contributed by atoms with Gasteiger partial charge in [0.25, 0.3) is 0 Å². The number of nitrogens with zero attached hydrogens (tertiary/aromatic N) is 1. The van der Waals surface area contributed by atoms with Crippen molar-refractivity contribution in [1.82, 2.24) is 0 Å². The zero-order chi connectivity index (χ0) is 8.97. The molecule has 0 saturated carbocycles. The van der Waals surface area contributed by atoms with Crippen LogP contribution in [0, 0.1) is 0 Å². The minimum absolute atomic E-state index is 0.521. The van der Waals surface area contributed by atoms with Crippen LogP contribution in [0.15, 0.2) is 33.7 Å². The molecular formula is C9H10BrNSe. The predicted octanol–water partition coefficient (Wildman–Crippen LogP) is 3.25. The van der Waals surface area contributed by atoms with Crippen LogP contribution in [-0.4, -0.2) is 19.6 Å². The summed E-state index contributed by atoms with van der Waals surface area (Å²) in [6.07, 6.45) is 0. The summed E-state index contributed by atoms with van der Waals surface area (Å²) in [5.74, 6) is 2.17. The molecule has 0 fully saturated rings. The Morgan fingerprint density at radius 3 is 2.42 bits per heavy atom. The van der Waals surface area contributed by atoms with E-state index >= 15 is 0 Å². The fourth-order valence-corrected chi connectivity index (χ4v) is 1.42. The van der Waals surface area contributed by atoms with E-state index in [1.807, 2.05) is 24.3 Å². The van der Waals surface area contributed by atoms with Crippen molar-refractivity contribution in [3.05, 3.63) is 28.7 Å². The van der Waals surface area contributed by atoms with Gasteiger partial charge in [-0.3, -0.25) is 0 Å². The Morgan fingerprint density at radius 2 is 1.92 bits per heavy atom. The number of rotatable bonds is 2. The second-order valence-electron chi connectivity index (χ2n) is 2.31. The molecule has 0 N–H and O–H groups in total. The van der Waals surface area contributed by atoms with Crippen molar-refractivity contribution in [1.29, 1.82) is 0 Å². The molecule has 0 radical (unpaired) electrons. The second kappa shape index (κ2) is 4.80. The number of hydrogen-bond donors (Lipinski definition) is 0. The molecule has 0 aromatic heterocycles. The first-order valence-corrected chi connectivity index (χ1v) is 6.93. The van der Waals surface area contributed by atoms with Gasteiger partial charge in [0, 0.05) is 0 Å². The average Bonchev–Trinajstić information content (AvgIpc) is 2.09. The average molecular weight is 291 g/mol. The molecule has 0 heterocycles. The Labute approximate surface area is 87.6 Å². The third-order valence-corrected chi connectivity index (χ3v) is 3.37. The molecule has 12 heavy (non-hydrogen) atoms. The quantitative estimate of drug-likeness (QED) is 0.586. The van der Waals surface area contributed by atoms with Crippen LogP contribution in [0.1, 0.15) is 6.92 Å². The molecule has 1 rings (SSSR count). The van der Waals surface area contributed by atoms with Crippen LogP contribution in [-0.2, 0) is 0 Å². The first-order chi connectivity index (χ1) is 5.72. The summed E-state index contributed by atoms with van der Waals surface area (Å²) in [4.78, 5) is 4.44. The summed E-state index contributed by atoms with van der Waals surface area (Å²) in [5.41, 5.74) is 1.04. The maximum absolute atomic E-state index is 4.44. The van der Waals surface area contributed by atoms with Gasteiger partial charge in [0.15, 0.2) is 0 Å². The van der Waals surface area contributed by atoms with Gasteiger partial charge in [-0.2, -0.15) is 0 Å². The van der Waals surface area contributed by atoms with Crippen molar-refractivity contribution < 1.29 is 0 Å². The minimum atomic E-state index is 0.521. The number of halogens is 1. The standard InChI is InChI=1S/C9H10BrNSe/c1-7(12-2)11-9-5-3-8(10)4-6-9/h3-6H,1-2H3. The summed E-state index contributed by atoms with van der Waals surface area (Å²) >= 11 is 3.91. The fourth-order valence-electron chi connectivity index (χ4n) is 0.743. The normalized spacial score (nSPS) is 11.8. The first kappa shape index (κ1) is 9.97. The van der Waals surface area contributed by atoms with E-state index in [4.69, 9.17) is 0 Å². The summed E-state index contributed by atoms with van der Waals surface area (Å²) in [6, 6.07) is 8.04. The molecule has 3 heteroatoms. The SMILES string of the molecule is C[Se]C(C)=Nc1ccc(Br)cc1. The van der Waals surface area contributed by atoms with Gasteiger partial charge in [0.2, 0.25) is 0 Å². The van der Waals surface area contributed by atoms with Crippen molar-refractivity contribution in [2.75, 3.05) is 0 Å². The van der Waals surface area contributed by atoms with Crippen LogP contribution < -0.4 is 0 Å². The van der Waals surface area contributed by atoms with Gasteiger partial charge in [-0.15, -0.1) is 0 Å². The van der Waals surface area contributed by atoms with E-state index in [1.165, 1.54) is 4.61 Å². The fraction of sp³-hybridized carbons (Fsp3) is 0.222. The molecule has 0 amide bonds. The molecule has 1 aromatic carbocycles. The molecule has 0 saturated heterocycles. The molecule has 0 spiro atoms. The van der Waals surface area contributed by atoms with E-state index in [0.717, 1.165) is 10.2 Å². The van der Waals surface area contributed by atoms with Crippen LogP contribution in [0.2, 0.25) is 5.82 Å². The Kier molecular flexibility index (Phi) is 3.99. The monoisotopic (exact) mass is 291 g/mol. The molecule has 64 valence electrons. The molecule has 1 nitrogen and oxygen atoms in total. The molecule has 0 unspecified atom stereocenters. The van der Waals surface area contributed by atoms with Crippen molar-refractivity contribution in [2.45, 2.75) is 12.7 Å². The number of benzene rings is 1. The number of aliphatic imine (C=N–C) groups is 1. The van der Waals surface area contributed by atoms with Crippen LogP contribution in [0.25, 0.3) is 0 Å². The van der Waals surface area contributed by atoms with E-state index in [2.05, 4.69) is 33.7 Å². The first-order valence-electron chi connectivity index (χ1n) is 3.57. The van der Waals surface area contributed by atoms with Crippen LogP contribution in [0.4, 0.5) is 5.69 Å². The Balaban J connectivity index is 2.84.